The summed E-state index contributed by atoms with van der Waals surface area (Å²) in [6.07, 6.45) is 1.80. The highest BCUT2D eigenvalue weighted by molar-refractivity contribution is 14.1. The first-order chi connectivity index (χ1) is 5.27. The molecule has 0 amide bonds. The minimum atomic E-state index is 0.824. The first-order valence-electron chi connectivity index (χ1n) is 3.08. The van der Waals surface area contributed by atoms with E-state index in [2.05, 4.69) is 37.9 Å². The van der Waals surface area contributed by atoms with E-state index in [1.807, 2.05) is 13.1 Å². The third kappa shape index (κ3) is 1.09. The van der Waals surface area contributed by atoms with Crippen molar-refractivity contribution in [2.75, 3.05) is 0 Å². The number of aromatic nitrogens is 4. The van der Waals surface area contributed by atoms with Gasteiger partial charge in [0.15, 0.2) is 5.65 Å². The van der Waals surface area contributed by atoms with Gasteiger partial charge in [0.2, 0.25) is 0 Å². The van der Waals surface area contributed by atoms with Gasteiger partial charge in [-0.3, -0.25) is 0 Å². The summed E-state index contributed by atoms with van der Waals surface area (Å²) >= 11 is 2.20. The van der Waals surface area contributed by atoms with E-state index in [1.54, 1.807) is 10.9 Å². The van der Waals surface area contributed by atoms with Crippen LogP contribution in [0.4, 0.5) is 0 Å². The number of nitrogens with zero attached hydrogens (tertiary/aromatic N) is 4. The number of halogens is 1. The third-order valence-electron chi connectivity index (χ3n) is 1.41. The van der Waals surface area contributed by atoms with E-state index in [9.17, 15) is 0 Å². The summed E-state index contributed by atoms with van der Waals surface area (Å²) in [4.78, 5) is 4.17. The highest BCUT2D eigenvalue weighted by Crippen LogP contribution is 2.10. The van der Waals surface area contributed by atoms with E-state index < -0.39 is 0 Å². The Balaban J connectivity index is 2.86. The molecule has 0 aromatic carbocycles. The Hall–Kier alpha value is -0.720. The van der Waals surface area contributed by atoms with Crippen LogP contribution in [0, 0.1) is 3.57 Å². The van der Waals surface area contributed by atoms with Crippen molar-refractivity contribution >= 4 is 33.8 Å². The normalized spacial score (nSPS) is 10.7. The molecule has 0 aliphatic carbocycles. The number of hydrogen-bond acceptors (Lipinski definition) is 3. The van der Waals surface area contributed by atoms with Crippen LogP contribution in [0.25, 0.3) is 11.2 Å². The smallest absolute Gasteiger partial charge is 0.178 e. The van der Waals surface area contributed by atoms with Crippen molar-refractivity contribution in [2.24, 2.45) is 7.05 Å². The number of rotatable bonds is 0. The van der Waals surface area contributed by atoms with Crippen molar-refractivity contribution in [2.45, 2.75) is 0 Å². The molecule has 0 atom stereocenters. The van der Waals surface area contributed by atoms with Crippen LogP contribution in [0.15, 0.2) is 12.3 Å². The lowest BCUT2D eigenvalue weighted by molar-refractivity contribution is 0.730. The van der Waals surface area contributed by atoms with E-state index in [4.69, 9.17) is 0 Å². The summed E-state index contributed by atoms with van der Waals surface area (Å²) in [7, 11) is 1.83. The predicted octanol–water partition coefficient (Wildman–Crippen LogP) is 0.968. The molecule has 0 unspecified atom stereocenters. The molecule has 2 heterocycles. The Bertz CT molecular complexity index is 394. The van der Waals surface area contributed by atoms with Crippen molar-refractivity contribution in [1.29, 1.82) is 0 Å². The molecule has 2 aromatic heterocycles. The average Bonchev–Trinajstić information content (AvgIpc) is 2.32. The second kappa shape index (κ2) is 2.40. The van der Waals surface area contributed by atoms with Gasteiger partial charge in [0, 0.05) is 16.8 Å². The number of aryl methyl sites for hydroxylation is 1. The molecular formula is C6H5IN4. The molecule has 0 aliphatic rings. The zero-order chi connectivity index (χ0) is 7.84. The van der Waals surface area contributed by atoms with Gasteiger partial charge >= 0.3 is 0 Å². The summed E-state index contributed by atoms with van der Waals surface area (Å²) < 4.78 is 2.74. The van der Waals surface area contributed by atoms with Crippen molar-refractivity contribution in [3.05, 3.63) is 15.8 Å². The van der Waals surface area contributed by atoms with Crippen LogP contribution in [-0.4, -0.2) is 20.0 Å². The molecule has 2 rings (SSSR count). The molecule has 0 bridgehead atoms. The lowest BCUT2D eigenvalue weighted by Crippen LogP contribution is -1.91. The topological polar surface area (TPSA) is 43.6 Å². The van der Waals surface area contributed by atoms with Crippen LogP contribution >= 0.6 is 22.6 Å². The van der Waals surface area contributed by atoms with Crippen molar-refractivity contribution in [1.82, 2.24) is 20.0 Å². The van der Waals surface area contributed by atoms with Gasteiger partial charge in [-0.2, -0.15) is 0 Å². The fourth-order valence-corrected chi connectivity index (χ4v) is 1.34. The number of fused-ring (bicyclic) bond motifs is 1. The maximum absolute atomic E-state index is 4.17. The van der Waals surface area contributed by atoms with E-state index in [0.717, 1.165) is 14.7 Å². The van der Waals surface area contributed by atoms with Gasteiger partial charge in [-0.15, -0.1) is 5.10 Å². The summed E-state index contributed by atoms with van der Waals surface area (Å²) in [6.45, 7) is 0. The first-order valence-corrected chi connectivity index (χ1v) is 4.16. The van der Waals surface area contributed by atoms with Gasteiger partial charge in [-0.05, 0) is 28.7 Å². The zero-order valence-corrected chi connectivity index (χ0v) is 7.98. The van der Waals surface area contributed by atoms with Gasteiger partial charge in [0.25, 0.3) is 0 Å². The summed E-state index contributed by atoms with van der Waals surface area (Å²) in [5.74, 6) is 0. The van der Waals surface area contributed by atoms with Gasteiger partial charge in [-0.1, -0.05) is 5.21 Å². The van der Waals surface area contributed by atoms with Crippen LogP contribution in [0.1, 0.15) is 0 Å². The molecule has 0 saturated heterocycles. The minimum absolute atomic E-state index is 0.824. The van der Waals surface area contributed by atoms with Crippen molar-refractivity contribution in [3.63, 3.8) is 0 Å². The highest BCUT2D eigenvalue weighted by atomic mass is 127. The molecule has 0 fully saturated rings. The fraction of sp³-hybridized carbons (Fsp3) is 0.167. The molecule has 11 heavy (non-hydrogen) atoms. The molecule has 0 radical (unpaired) electrons. The monoisotopic (exact) mass is 260 g/mol. The largest absolute Gasteiger partial charge is 0.234 e. The Morgan fingerprint density at radius 1 is 1.55 bits per heavy atom. The second-order valence-corrected chi connectivity index (χ2v) is 3.45. The minimum Gasteiger partial charge on any atom is -0.234 e. The molecule has 56 valence electrons. The van der Waals surface area contributed by atoms with E-state index >= 15 is 0 Å². The first kappa shape index (κ1) is 6.96. The van der Waals surface area contributed by atoms with Gasteiger partial charge < -0.3 is 0 Å². The molecule has 0 aliphatic heterocycles. The Morgan fingerprint density at radius 3 is 3.18 bits per heavy atom. The summed E-state index contributed by atoms with van der Waals surface area (Å²) in [6, 6.07) is 1.95. The standard InChI is InChI=1S/C6H5IN4/c1-11-6-5(9-10-11)2-4(7)3-8-6/h2-3H,1H3. The Kier molecular flexibility index (Phi) is 1.52. The van der Waals surface area contributed by atoms with Crippen LogP contribution in [-0.2, 0) is 7.05 Å². The van der Waals surface area contributed by atoms with Crippen LogP contribution in [0.2, 0.25) is 0 Å². The molecule has 0 spiro atoms. The van der Waals surface area contributed by atoms with E-state index in [1.165, 1.54) is 0 Å². The van der Waals surface area contributed by atoms with Crippen LogP contribution in [0.3, 0.4) is 0 Å². The summed E-state index contributed by atoms with van der Waals surface area (Å²) in [5.41, 5.74) is 1.67. The third-order valence-corrected chi connectivity index (χ3v) is 2.00. The summed E-state index contributed by atoms with van der Waals surface area (Å²) in [5, 5.41) is 7.76. The van der Waals surface area contributed by atoms with E-state index in [-0.39, 0.29) is 0 Å². The van der Waals surface area contributed by atoms with Crippen molar-refractivity contribution < 1.29 is 0 Å². The quantitative estimate of drug-likeness (QED) is 0.663. The zero-order valence-electron chi connectivity index (χ0n) is 5.82. The Labute approximate surface area is 76.8 Å². The van der Waals surface area contributed by atoms with E-state index in [0.29, 0.717) is 0 Å². The average molecular weight is 260 g/mol. The molecular weight excluding hydrogens is 255 g/mol. The lowest BCUT2D eigenvalue weighted by Gasteiger charge is -1.89. The Morgan fingerprint density at radius 2 is 2.36 bits per heavy atom. The van der Waals surface area contributed by atoms with Gasteiger partial charge in [-0.25, -0.2) is 9.67 Å². The molecule has 5 heteroatoms. The van der Waals surface area contributed by atoms with Gasteiger partial charge in [0.1, 0.15) is 5.52 Å². The van der Waals surface area contributed by atoms with Gasteiger partial charge in [0.05, 0.1) is 0 Å². The molecule has 2 aromatic rings. The van der Waals surface area contributed by atoms with Crippen LogP contribution < -0.4 is 0 Å². The SMILES string of the molecule is Cn1nnc2cc(I)cnc21. The highest BCUT2D eigenvalue weighted by Gasteiger charge is 2.01. The molecule has 0 N–H and O–H groups in total. The van der Waals surface area contributed by atoms with Crippen LogP contribution in [0.5, 0.6) is 0 Å². The predicted molar refractivity (Wildman–Crippen MR) is 49.0 cm³/mol. The number of pyridine rings is 1. The fourth-order valence-electron chi connectivity index (χ4n) is 0.902. The second-order valence-electron chi connectivity index (χ2n) is 2.21. The lowest BCUT2D eigenvalue weighted by atomic mass is 10.4. The van der Waals surface area contributed by atoms with Crippen molar-refractivity contribution in [3.8, 4) is 0 Å². The maximum atomic E-state index is 4.17. The maximum Gasteiger partial charge on any atom is 0.178 e. The molecule has 0 saturated carbocycles. The number of hydrogen-bond donors (Lipinski definition) is 0. The molecule has 4 nitrogen and oxygen atoms in total.